The zero-order valence-corrected chi connectivity index (χ0v) is 13.0. The molecule has 0 atom stereocenters. The average molecular weight is 323 g/mol. The average Bonchev–Trinajstić information content (AvgIpc) is 3.15. The summed E-state index contributed by atoms with van der Waals surface area (Å²) in [5.74, 6) is 0.424. The molecule has 0 spiro atoms. The Morgan fingerprint density at radius 2 is 2.23 bits per heavy atom. The van der Waals surface area contributed by atoms with Crippen LogP contribution in [0.3, 0.4) is 0 Å². The second-order valence-corrected chi connectivity index (χ2v) is 5.93. The summed E-state index contributed by atoms with van der Waals surface area (Å²) in [5.41, 5.74) is 2.30. The number of carbonyl (C=O) groups is 1. The number of nitrogens with one attached hydrogen (secondary N) is 2. The number of aryl methyl sites for hydroxylation is 1. The maximum atomic E-state index is 11.9. The molecule has 8 nitrogen and oxygen atoms in total. The van der Waals surface area contributed by atoms with Crippen molar-refractivity contribution in [2.24, 2.45) is 0 Å². The van der Waals surface area contributed by atoms with E-state index in [1.807, 2.05) is 5.38 Å². The molecule has 9 heteroatoms. The fourth-order valence-electron chi connectivity index (χ4n) is 2.24. The molecule has 2 aromatic rings. The third-order valence-electron chi connectivity index (χ3n) is 3.54. The van der Waals surface area contributed by atoms with E-state index in [1.54, 1.807) is 6.92 Å². The zero-order valence-electron chi connectivity index (χ0n) is 12.2. The number of rotatable bonds is 4. The lowest BCUT2D eigenvalue weighted by molar-refractivity contribution is 0.0846. The van der Waals surface area contributed by atoms with E-state index in [9.17, 15) is 4.79 Å². The Balaban J connectivity index is 1.51. The van der Waals surface area contributed by atoms with Crippen LogP contribution in [0, 0.1) is 6.92 Å². The van der Waals surface area contributed by atoms with Gasteiger partial charge in [-0.3, -0.25) is 5.32 Å². The number of anilines is 1. The van der Waals surface area contributed by atoms with Crippen molar-refractivity contribution in [3.05, 3.63) is 22.5 Å². The van der Waals surface area contributed by atoms with Gasteiger partial charge >= 0.3 is 6.03 Å². The van der Waals surface area contributed by atoms with Crippen LogP contribution in [-0.2, 0) is 11.3 Å². The molecule has 1 fully saturated rings. The van der Waals surface area contributed by atoms with Crippen molar-refractivity contribution in [3.8, 4) is 0 Å². The topological polar surface area (TPSA) is 102 Å². The molecule has 0 bridgehead atoms. The minimum Gasteiger partial charge on any atom is -0.381 e. The van der Waals surface area contributed by atoms with Crippen molar-refractivity contribution < 1.29 is 14.2 Å². The maximum Gasteiger partial charge on any atom is 0.321 e. The number of thiazole rings is 1. The first-order valence-electron chi connectivity index (χ1n) is 7.08. The molecule has 1 aliphatic rings. The Hall–Kier alpha value is -2.00. The highest BCUT2D eigenvalue weighted by Crippen LogP contribution is 2.29. The number of hydrogen-bond acceptors (Lipinski definition) is 7. The second kappa shape index (κ2) is 6.84. The van der Waals surface area contributed by atoms with Gasteiger partial charge in [0.15, 0.2) is 5.13 Å². The predicted octanol–water partition coefficient (Wildman–Crippen LogP) is 2.05. The fraction of sp³-hybridized carbons (Fsp3) is 0.538. The quantitative estimate of drug-likeness (QED) is 0.893. The van der Waals surface area contributed by atoms with Crippen molar-refractivity contribution in [2.45, 2.75) is 32.2 Å². The highest BCUT2D eigenvalue weighted by Gasteiger charge is 2.19. The van der Waals surface area contributed by atoms with Gasteiger partial charge in [-0.2, -0.15) is 0 Å². The first-order valence-corrected chi connectivity index (χ1v) is 7.96. The Morgan fingerprint density at radius 3 is 2.95 bits per heavy atom. The lowest BCUT2D eigenvalue weighted by Gasteiger charge is -2.19. The van der Waals surface area contributed by atoms with Crippen LogP contribution in [-0.4, -0.2) is 34.5 Å². The van der Waals surface area contributed by atoms with Crippen LogP contribution in [0.25, 0.3) is 0 Å². The minimum absolute atomic E-state index is 0.263. The van der Waals surface area contributed by atoms with Crippen molar-refractivity contribution in [3.63, 3.8) is 0 Å². The number of carbonyl (C=O) groups excluding carboxylic acids is 1. The van der Waals surface area contributed by atoms with Gasteiger partial charge in [0.05, 0.1) is 12.2 Å². The van der Waals surface area contributed by atoms with Gasteiger partial charge in [0.2, 0.25) is 0 Å². The van der Waals surface area contributed by atoms with Crippen LogP contribution in [0.4, 0.5) is 9.93 Å². The van der Waals surface area contributed by atoms with Crippen LogP contribution in [0.1, 0.15) is 35.8 Å². The number of amides is 2. The largest absolute Gasteiger partial charge is 0.381 e. The molecule has 3 rings (SSSR count). The van der Waals surface area contributed by atoms with Crippen molar-refractivity contribution in [1.82, 2.24) is 20.6 Å². The van der Waals surface area contributed by atoms with Crippen LogP contribution in [0.2, 0.25) is 0 Å². The molecular weight excluding hydrogens is 306 g/mol. The molecule has 0 radical (unpaired) electrons. The summed E-state index contributed by atoms with van der Waals surface area (Å²) in [6, 6.07) is -0.324. The van der Waals surface area contributed by atoms with Crippen LogP contribution >= 0.6 is 11.3 Å². The smallest absolute Gasteiger partial charge is 0.321 e. The Labute approximate surface area is 131 Å². The normalized spacial score (nSPS) is 15.7. The van der Waals surface area contributed by atoms with Crippen LogP contribution < -0.4 is 10.6 Å². The minimum atomic E-state index is -0.324. The summed E-state index contributed by atoms with van der Waals surface area (Å²) >= 11 is 1.43. The summed E-state index contributed by atoms with van der Waals surface area (Å²) in [6.07, 6.45) is 1.96. The summed E-state index contributed by atoms with van der Waals surface area (Å²) in [6.45, 7) is 3.58. The Kier molecular flexibility index (Phi) is 4.64. The molecule has 2 N–H and O–H groups in total. The molecule has 0 aromatic carbocycles. The maximum absolute atomic E-state index is 11.9. The SMILES string of the molecule is Cc1nonc1CNC(=O)Nc1nc(C2CCOCC2)cs1. The zero-order chi connectivity index (χ0) is 15.4. The Morgan fingerprint density at radius 1 is 1.41 bits per heavy atom. The van der Waals surface area contributed by atoms with Gasteiger partial charge in [0.25, 0.3) is 0 Å². The number of aromatic nitrogens is 3. The molecule has 0 saturated carbocycles. The molecule has 2 amide bonds. The van der Waals surface area contributed by atoms with E-state index in [-0.39, 0.29) is 12.6 Å². The van der Waals surface area contributed by atoms with E-state index in [0.717, 1.165) is 31.7 Å². The molecule has 3 heterocycles. The molecule has 118 valence electrons. The lowest BCUT2D eigenvalue weighted by Crippen LogP contribution is -2.28. The van der Waals surface area contributed by atoms with Gasteiger partial charge in [0, 0.05) is 24.5 Å². The van der Waals surface area contributed by atoms with E-state index >= 15 is 0 Å². The highest BCUT2D eigenvalue weighted by atomic mass is 32.1. The van der Waals surface area contributed by atoms with Gasteiger partial charge in [-0.05, 0) is 19.8 Å². The molecule has 2 aromatic heterocycles. The number of ether oxygens (including phenoxy) is 1. The van der Waals surface area contributed by atoms with Gasteiger partial charge in [0.1, 0.15) is 11.4 Å². The first-order chi connectivity index (χ1) is 10.7. The van der Waals surface area contributed by atoms with E-state index in [0.29, 0.717) is 22.4 Å². The van der Waals surface area contributed by atoms with Gasteiger partial charge in [-0.15, -0.1) is 11.3 Å². The number of nitrogens with zero attached hydrogens (tertiary/aromatic N) is 3. The summed E-state index contributed by atoms with van der Waals surface area (Å²) in [7, 11) is 0. The monoisotopic (exact) mass is 323 g/mol. The fourth-order valence-corrected chi connectivity index (χ4v) is 3.03. The lowest BCUT2D eigenvalue weighted by atomic mass is 9.98. The summed E-state index contributed by atoms with van der Waals surface area (Å²) in [4.78, 5) is 16.3. The second-order valence-electron chi connectivity index (χ2n) is 5.07. The van der Waals surface area contributed by atoms with Crippen molar-refractivity contribution in [2.75, 3.05) is 18.5 Å². The number of urea groups is 1. The molecular formula is C13H17N5O3S. The molecule has 0 aliphatic carbocycles. The summed E-state index contributed by atoms with van der Waals surface area (Å²) < 4.78 is 9.92. The standard InChI is InChI=1S/C13H17N5O3S/c1-8-10(18-21-17-8)6-14-12(19)16-13-15-11(7-22-13)9-2-4-20-5-3-9/h7,9H,2-6H2,1H3,(H2,14,15,16,19). The van der Waals surface area contributed by atoms with E-state index in [4.69, 9.17) is 4.74 Å². The van der Waals surface area contributed by atoms with E-state index in [2.05, 4.69) is 30.6 Å². The van der Waals surface area contributed by atoms with Crippen LogP contribution in [0.5, 0.6) is 0 Å². The van der Waals surface area contributed by atoms with Gasteiger partial charge < -0.3 is 10.1 Å². The molecule has 22 heavy (non-hydrogen) atoms. The van der Waals surface area contributed by atoms with Crippen molar-refractivity contribution in [1.29, 1.82) is 0 Å². The molecule has 1 aliphatic heterocycles. The first kappa shape index (κ1) is 14.9. The summed E-state index contributed by atoms with van der Waals surface area (Å²) in [5, 5.41) is 15.4. The highest BCUT2D eigenvalue weighted by molar-refractivity contribution is 7.13. The number of hydrogen-bond donors (Lipinski definition) is 2. The van der Waals surface area contributed by atoms with E-state index < -0.39 is 0 Å². The van der Waals surface area contributed by atoms with Crippen molar-refractivity contribution >= 4 is 22.5 Å². The molecule has 0 unspecified atom stereocenters. The molecule has 1 saturated heterocycles. The van der Waals surface area contributed by atoms with E-state index in [1.165, 1.54) is 11.3 Å². The third kappa shape index (κ3) is 3.60. The van der Waals surface area contributed by atoms with Gasteiger partial charge in [-0.1, -0.05) is 10.3 Å². The Bertz CT molecular complexity index is 635. The van der Waals surface area contributed by atoms with Crippen LogP contribution in [0.15, 0.2) is 10.0 Å². The predicted molar refractivity (Wildman–Crippen MR) is 79.8 cm³/mol. The van der Waals surface area contributed by atoms with Gasteiger partial charge in [-0.25, -0.2) is 14.4 Å². The third-order valence-corrected chi connectivity index (χ3v) is 4.32.